The molecule has 0 saturated carbocycles. The van der Waals surface area contributed by atoms with Gasteiger partial charge in [0, 0.05) is 0 Å². The minimum absolute atomic E-state index is 0.381. The van der Waals surface area contributed by atoms with E-state index in [-0.39, 0.29) is 0 Å². The number of rotatable bonds is 3. The number of nitrogen functional groups attached to an aromatic ring is 1. The van der Waals surface area contributed by atoms with Crippen LogP contribution in [0, 0.1) is 0 Å². The molecule has 0 saturated heterocycles. The molecule has 0 atom stereocenters. The monoisotopic (exact) mass is 356 g/mol. The Hall–Kier alpha value is -1.07. The smallest absolute Gasteiger partial charge is 0.148 e. The second kappa shape index (κ2) is 5.51. The minimum atomic E-state index is 0.381. The van der Waals surface area contributed by atoms with Crippen LogP contribution in [0.25, 0.3) is 0 Å². The Morgan fingerprint density at radius 3 is 2.35 bits per heavy atom. The molecule has 0 amide bonds. The van der Waals surface area contributed by atoms with Gasteiger partial charge in [0.2, 0.25) is 0 Å². The number of aromatic nitrogens is 1. The molecule has 0 aliphatic heterocycles. The van der Waals surface area contributed by atoms with Crippen LogP contribution in [0.15, 0.2) is 45.3 Å². The highest BCUT2D eigenvalue weighted by molar-refractivity contribution is 9.11. The van der Waals surface area contributed by atoms with Crippen LogP contribution in [0.2, 0.25) is 0 Å². The SMILES string of the molecule is Nc1cccc(COc2c(Br)cccc2Br)n1. The molecule has 3 nitrogen and oxygen atoms in total. The zero-order valence-electron chi connectivity index (χ0n) is 8.86. The third-order valence-electron chi connectivity index (χ3n) is 2.11. The first-order valence-corrected chi connectivity index (χ1v) is 6.53. The quantitative estimate of drug-likeness (QED) is 0.909. The van der Waals surface area contributed by atoms with Crippen molar-refractivity contribution in [3.05, 3.63) is 51.0 Å². The van der Waals surface area contributed by atoms with E-state index in [0.717, 1.165) is 20.4 Å². The average Bonchev–Trinajstić information content (AvgIpc) is 2.28. The van der Waals surface area contributed by atoms with E-state index in [0.29, 0.717) is 12.4 Å². The maximum atomic E-state index is 5.70. The highest BCUT2D eigenvalue weighted by Gasteiger charge is 2.06. The Morgan fingerprint density at radius 2 is 1.71 bits per heavy atom. The fraction of sp³-hybridized carbons (Fsp3) is 0.0833. The van der Waals surface area contributed by atoms with E-state index in [9.17, 15) is 0 Å². The Kier molecular flexibility index (Phi) is 4.02. The molecule has 2 rings (SSSR count). The molecule has 88 valence electrons. The highest BCUT2D eigenvalue weighted by atomic mass is 79.9. The summed E-state index contributed by atoms with van der Waals surface area (Å²) in [7, 11) is 0. The van der Waals surface area contributed by atoms with Crippen LogP contribution < -0.4 is 10.5 Å². The number of anilines is 1. The molecule has 0 aliphatic rings. The summed E-state index contributed by atoms with van der Waals surface area (Å²) in [6.07, 6.45) is 0. The molecule has 1 aromatic carbocycles. The molecule has 2 N–H and O–H groups in total. The van der Waals surface area contributed by atoms with Crippen LogP contribution >= 0.6 is 31.9 Å². The molecule has 0 bridgehead atoms. The van der Waals surface area contributed by atoms with Crippen molar-refractivity contribution in [3.63, 3.8) is 0 Å². The maximum Gasteiger partial charge on any atom is 0.148 e. The van der Waals surface area contributed by atoms with Gasteiger partial charge < -0.3 is 10.5 Å². The van der Waals surface area contributed by atoms with Crippen molar-refractivity contribution >= 4 is 37.7 Å². The number of halogens is 2. The number of hydrogen-bond donors (Lipinski definition) is 1. The Balaban J connectivity index is 2.13. The second-order valence-corrected chi connectivity index (χ2v) is 5.10. The van der Waals surface area contributed by atoms with Crippen LogP contribution in [0.4, 0.5) is 5.82 Å². The lowest BCUT2D eigenvalue weighted by atomic mass is 10.3. The molecule has 2 aromatic rings. The zero-order chi connectivity index (χ0) is 12.3. The molecular formula is C12H10Br2N2O. The number of nitrogens with two attached hydrogens (primary N) is 1. The number of para-hydroxylation sites is 1. The van der Waals surface area contributed by atoms with Crippen LogP contribution in [-0.4, -0.2) is 4.98 Å². The number of hydrogen-bond acceptors (Lipinski definition) is 3. The summed E-state index contributed by atoms with van der Waals surface area (Å²) in [6, 6.07) is 11.3. The minimum Gasteiger partial charge on any atom is -0.485 e. The normalized spacial score (nSPS) is 10.2. The summed E-state index contributed by atoms with van der Waals surface area (Å²) in [6.45, 7) is 0.381. The molecule has 0 radical (unpaired) electrons. The third-order valence-corrected chi connectivity index (χ3v) is 3.36. The molecule has 0 aliphatic carbocycles. The van der Waals surface area contributed by atoms with Gasteiger partial charge in [-0.25, -0.2) is 4.98 Å². The van der Waals surface area contributed by atoms with E-state index in [1.54, 1.807) is 6.07 Å². The summed E-state index contributed by atoms with van der Waals surface area (Å²) in [5.74, 6) is 1.26. The van der Waals surface area contributed by atoms with Crippen molar-refractivity contribution in [1.82, 2.24) is 4.98 Å². The van der Waals surface area contributed by atoms with E-state index < -0.39 is 0 Å². The van der Waals surface area contributed by atoms with Gasteiger partial charge in [-0.3, -0.25) is 0 Å². The van der Waals surface area contributed by atoms with Gasteiger partial charge in [-0.15, -0.1) is 0 Å². The molecular weight excluding hydrogens is 348 g/mol. The van der Waals surface area contributed by atoms with Crippen LogP contribution in [-0.2, 0) is 6.61 Å². The van der Waals surface area contributed by atoms with Crippen LogP contribution in [0.5, 0.6) is 5.75 Å². The van der Waals surface area contributed by atoms with E-state index in [4.69, 9.17) is 10.5 Å². The lowest BCUT2D eigenvalue weighted by Gasteiger charge is -2.09. The van der Waals surface area contributed by atoms with Crippen molar-refractivity contribution in [1.29, 1.82) is 0 Å². The first-order valence-electron chi connectivity index (χ1n) is 4.95. The van der Waals surface area contributed by atoms with Gasteiger partial charge in [0.25, 0.3) is 0 Å². The number of ether oxygens (including phenoxy) is 1. The van der Waals surface area contributed by atoms with E-state index in [1.807, 2.05) is 30.3 Å². The van der Waals surface area contributed by atoms with E-state index in [1.165, 1.54) is 0 Å². The number of nitrogens with zero attached hydrogens (tertiary/aromatic N) is 1. The fourth-order valence-electron chi connectivity index (χ4n) is 1.35. The first-order chi connectivity index (χ1) is 8.16. The second-order valence-electron chi connectivity index (χ2n) is 3.39. The predicted molar refractivity (Wildman–Crippen MR) is 74.8 cm³/mol. The van der Waals surface area contributed by atoms with Gasteiger partial charge in [0.05, 0.1) is 14.6 Å². The number of benzene rings is 1. The zero-order valence-corrected chi connectivity index (χ0v) is 12.0. The summed E-state index contributed by atoms with van der Waals surface area (Å²) >= 11 is 6.87. The molecule has 0 fully saturated rings. The van der Waals surface area contributed by atoms with Crippen molar-refractivity contribution in [2.75, 3.05) is 5.73 Å². The lowest BCUT2D eigenvalue weighted by molar-refractivity contribution is 0.297. The van der Waals surface area contributed by atoms with Gasteiger partial charge in [0.15, 0.2) is 0 Å². The molecule has 1 heterocycles. The molecule has 0 spiro atoms. The predicted octanol–water partition coefficient (Wildman–Crippen LogP) is 3.77. The standard InChI is InChI=1S/C12H10Br2N2O/c13-9-4-2-5-10(14)12(9)17-7-8-3-1-6-11(15)16-8/h1-6H,7H2,(H2,15,16). The lowest BCUT2D eigenvalue weighted by Crippen LogP contribution is -2.01. The summed E-state index contributed by atoms with van der Waals surface area (Å²) in [5.41, 5.74) is 6.40. The summed E-state index contributed by atoms with van der Waals surface area (Å²) in [4.78, 5) is 4.17. The first kappa shape index (κ1) is 12.4. The molecule has 5 heteroatoms. The molecule has 17 heavy (non-hydrogen) atoms. The highest BCUT2D eigenvalue weighted by Crippen LogP contribution is 2.33. The van der Waals surface area contributed by atoms with E-state index >= 15 is 0 Å². The fourth-order valence-corrected chi connectivity index (χ4v) is 2.57. The van der Waals surface area contributed by atoms with Crippen molar-refractivity contribution < 1.29 is 4.74 Å². The van der Waals surface area contributed by atoms with Crippen molar-refractivity contribution in [2.45, 2.75) is 6.61 Å². The van der Waals surface area contributed by atoms with Crippen molar-refractivity contribution in [3.8, 4) is 5.75 Å². The van der Waals surface area contributed by atoms with Gasteiger partial charge >= 0.3 is 0 Å². The largest absolute Gasteiger partial charge is 0.485 e. The Morgan fingerprint density at radius 1 is 1.06 bits per heavy atom. The summed E-state index contributed by atoms with van der Waals surface area (Å²) < 4.78 is 7.49. The Labute approximate surface area is 116 Å². The number of pyridine rings is 1. The van der Waals surface area contributed by atoms with Gasteiger partial charge in [-0.2, -0.15) is 0 Å². The van der Waals surface area contributed by atoms with Gasteiger partial charge in [-0.05, 0) is 56.1 Å². The average molecular weight is 358 g/mol. The van der Waals surface area contributed by atoms with Gasteiger partial charge in [-0.1, -0.05) is 12.1 Å². The topological polar surface area (TPSA) is 48.1 Å². The molecule has 0 unspecified atom stereocenters. The van der Waals surface area contributed by atoms with Gasteiger partial charge in [0.1, 0.15) is 18.2 Å². The van der Waals surface area contributed by atoms with E-state index in [2.05, 4.69) is 36.8 Å². The summed E-state index contributed by atoms with van der Waals surface area (Å²) in [5, 5.41) is 0. The van der Waals surface area contributed by atoms with Crippen LogP contribution in [0.1, 0.15) is 5.69 Å². The van der Waals surface area contributed by atoms with Crippen LogP contribution in [0.3, 0.4) is 0 Å². The maximum absolute atomic E-state index is 5.70. The van der Waals surface area contributed by atoms with Crippen molar-refractivity contribution in [2.24, 2.45) is 0 Å². The Bertz CT molecular complexity index is 511. The molecule has 1 aromatic heterocycles. The third kappa shape index (κ3) is 3.20.